The second-order valence-electron chi connectivity index (χ2n) is 7.67. The summed E-state index contributed by atoms with van der Waals surface area (Å²) in [6, 6.07) is 25.4. The van der Waals surface area contributed by atoms with Crippen LogP contribution in [0.25, 0.3) is 0 Å². The lowest BCUT2D eigenvalue weighted by Crippen LogP contribution is -2.34. The Hall–Kier alpha value is -3.78. The molecule has 0 spiro atoms. The number of hydrogen-bond acceptors (Lipinski definition) is 3. The predicted molar refractivity (Wildman–Crippen MR) is 121 cm³/mol. The van der Waals surface area contributed by atoms with Crippen LogP contribution in [0.1, 0.15) is 41.1 Å². The topological polar surface area (TPSA) is 74.1 Å². The quantitative estimate of drug-likeness (QED) is 0.560. The first-order valence-electron chi connectivity index (χ1n) is 10.5. The number of hydrogen-bond donors (Lipinski definition) is 2. The number of fused-ring (bicyclic) bond motifs is 1. The molecule has 31 heavy (non-hydrogen) atoms. The molecule has 1 atom stereocenters. The van der Waals surface area contributed by atoms with Gasteiger partial charge in [0, 0.05) is 11.3 Å². The van der Waals surface area contributed by atoms with Crippen molar-refractivity contribution in [1.82, 2.24) is 5.32 Å². The maximum atomic E-state index is 12.7. The second kappa shape index (κ2) is 9.82. The van der Waals surface area contributed by atoms with Gasteiger partial charge in [-0.3, -0.25) is 0 Å². The van der Waals surface area contributed by atoms with E-state index in [9.17, 15) is 4.79 Å². The largest absolute Gasteiger partial charge is 0.489 e. The first-order valence-corrected chi connectivity index (χ1v) is 10.5. The highest BCUT2D eigenvalue weighted by Gasteiger charge is 2.21. The van der Waals surface area contributed by atoms with Crippen molar-refractivity contribution in [1.29, 1.82) is 5.26 Å². The van der Waals surface area contributed by atoms with Gasteiger partial charge in [0.15, 0.2) is 0 Å². The van der Waals surface area contributed by atoms with Crippen LogP contribution in [0.3, 0.4) is 0 Å². The molecule has 0 heterocycles. The fraction of sp³-hybridized carbons (Fsp3) is 0.231. The molecule has 0 bridgehead atoms. The van der Waals surface area contributed by atoms with E-state index < -0.39 is 0 Å². The summed E-state index contributed by atoms with van der Waals surface area (Å²) in [6.07, 6.45) is 3.46. The molecule has 1 unspecified atom stereocenters. The van der Waals surface area contributed by atoms with Gasteiger partial charge in [0.05, 0.1) is 18.5 Å². The van der Waals surface area contributed by atoms with Crippen molar-refractivity contribution in [2.24, 2.45) is 0 Å². The summed E-state index contributed by atoms with van der Waals surface area (Å²) in [4.78, 5) is 12.7. The number of anilines is 1. The highest BCUT2D eigenvalue weighted by atomic mass is 16.5. The molecule has 0 aromatic heterocycles. The third kappa shape index (κ3) is 5.23. The van der Waals surface area contributed by atoms with E-state index in [2.05, 4.69) is 34.9 Å². The molecule has 0 aliphatic heterocycles. The van der Waals surface area contributed by atoms with Crippen molar-refractivity contribution in [3.63, 3.8) is 0 Å². The standard InChI is InChI=1S/C26H25N3O2/c27-17-16-19-12-14-22(15-13-19)31-18-21-7-2-4-10-24(21)28-26(30)29-25-11-5-8-20-6-1-3-9-23(20)25/h1-4,6-7,9-10,12-15,25H,5,8,11,16,18H2,(H2,28,29,30). The van der Waals surface area contributed by atoms with E-state index in [1.807, 2.05) is 54.6 Å². The maximum Gasteiger partial charge on any atom is 0.319 e. The van der Waals surface area contributed by atoms with Gasteiger partial charge < -0.3 is 15.4 Å². The monoisotopic (exact) mass is 411 g/mol. The van der Waals surface area contributed by atoms with Gasteiger partial charge >= 0.3 is 6.03 Å². The number of carbonyl (C=O) groups excluding carboxylic acids is 1. The van der Waals surface area contributed by atoms with E-state index in [-0.39, 0.29) is 12.1 Å². The smallest absolute Gasteiger partial charge is 0.319 e. The van der Waals surface area contributed by atoms with E-state index >= 15 is 0 Å². The molecular weight excluding hydrogens is 386 g/mol. The number of nitrogens with zero attached hydrogens (tertiary/aromatic N) is 1. The van der Waals surface area contributed by atoms with E-state index in [0.29, 0.717) is 13.0 Å². The molecule has 3 aromatic rings. The first kappa shape index (κ1) is 20.5. The Labute approximate surface area is 182 Å². The number of para-hydroxylation sites is 1. The number of aryl methyl sites for hydroxylation is 1. The van der Waals surface area contributed by atoms with Crippen LogP contribution in [0.4, 0.5) is 10.5 Å². The van der Waals surface area contributed by atoms with Crippen molar-refractivity contribution in [3.05, 3.63) is 95.1 Å². The van der Waals surface area contributed by atoms with Crippen molar-refractivity contribution in [2.45, 2.75) is 38.3 Å². The Kier molecular flexibility index (Phi) is 6.49. The van der Waals surface area contributed by atoms with Crippen molar-refractivity contribution in [2.75, 3.05) is 5.32 Å². The SMILES string of the molecule is N#CCc1ccc(OCc2ccccc2NC(=O)NC2CCCc3ccccc32)cc1. The fourth-order valence-electron chi connectivity index (χ4n) is 3.94. The van der Waals surface area contributed by atoms with Crippen LogP contribution in [0.2, 0.25) is 0 Å². The zero-order valence-corrected chi connectivity index (χ0v) is 17.3. The summed E-state index contributed by atoms with van der Waals surface area (Å²) in [5.74, 6) is 0.722. The molecule has 1 aliphatic carbocycles. The van der Waals surface area contributed by atoms with Crippen LogP contribution in [0.5, 0.6) is 5.75 Å². The predicted octanol–water partition coefficient (Wildman–Crippen LogP) is 5.53. The minimum absolute atomic E-state index is 0.0280. The van der Waals surface area contributed by atoms with E-state index in [1.54, 1.807) is 0 Å². The molecule has 4 rings (SSSR count). The molecule has 2 N–H and O–H groups in total. The Morgan fingerprint density at radius 1 is 1.03 bits per heavy atom. The zero-order valence-electron chi connectivity index (χ0n) is 17.3. The molecule has 0 saturated heterocycles. The van der Waals surface area contributed by atoms with Crippen LogP contribution in [0.15, 0.2) is 72.8 Å². The number of ether oxygens (including phenoxy) is 1. The number of rotatable bonds is 6. The summed E-state index contributed by atoms with van der Waals surface area (Å²) in [7, 11) is 0. The number of nitrogens with one attached hydrogen (secondary N) is 2. The Bertz CT molecular complexity index is 1090. The summed E-state index contributed by atoms with van der Waals surface area (Å²) in [6.45, 7) is 0.334. The van der Waals surface area contributed by atoms with Crippen molar-refractivity contribution in [3.8, 4) is 11.8 Å². The van der Waals surface area contributed by atoms with Crippen LogP contribution >= 0.6 is 0 Å². The lowest BCUT2D eigenvalue weighted by Gasteiger charge is -2.26. The zero-order chi connectivity index (χ0) is 21.5. The summed E-state index contributed by atoms with van der Waals surface area (Å²) in [5.41, 5.74) is 5.10. The van der Waals surface area contributed by atoms with Crippen LogP contribution in [-0.4, -0.2) is 6.03 Å². The molecular formula is C26H25N3O2. The fourth-order valence-corrected chi connectivity index (χ4v) is 3.94. The highest BCUT2D eigenvalue weighted by molar-refractivity contribution is 5.90. The van der Waals surface area contributed by atoms with Gasteiger partial charge in [-0.15, -0.1) is 0 Å². The Morgan fingerprint density at radius 2 is 1.81 bits per heavy atom. The first-order chi connectivity index (χ1) is 15.2. The lowest BCUT2D eigenvalue weighted by atomic mass is 9.88. The van der Waals surface area contributed by atoms with Crippen molar-refractivity contribution >= 4 is 11.7 Å². The van der Waals surface area contributed by atoms with E-state index in [1.165, 1.54) is 11.1 Å². The summed E-state index contributed by atoms with van der Waals surface area (Å²) < 4.78 is 5.89. The third-order valence-corrected chi connectivity index (χ3v) is 5.54. The lowest BCUT2D eigenvalue weighted by molar-refractivity contribution is 0.247. The van der Waals surface area contributed by atoms with Gasteiger partial charge in [0.25, 0.3) is 0 Å². The molecule has 5 nitrogen and oxygen atoms in total. The minimum atomic E-state index is -0.213. The van der Waals surface area contributed by atoms with Gasteiger partial charge in [-0.05, 0) is 54.2 Å². The van der Waals surface area contributed by atoms with Gasteiger partial charge in [-0.25, -0.2) is 4.79 Å². The minimum Gasteiger partial charge on any atom is -0.489 e. The Morgan fingerprint density at radius 3 is 2.65 bits per heavy atom. The van der Waals surface area contributed by atoms with Gasteiger partial charge in [0.1, 0.15) is 12.4 Å². The molecule has 0 fully saturated rings. The van der Waals surface area contributed by atoms with Crippen LogP contribution in [-0.2, 0) is 19.4 Å². The number of benzene rings is 3. The molecule has 0 radical (unpaired) electrons. The molecule has 1 aliphatic rings. The summed E-state index contributed by atoms with van der Waals surface area (Å²) >= 11 is 0. The van der Waals surface area contributed by atoms with E-state index in [4.69, 9.17) is 10.00 Å². The Balaban J connectivity index is 1.38. The van der Waals surface area contributed by atoms with Gasteiger partial charge in [-0.2, -0.15) is 5.26 Å². The number of nitriles is 1. The number of urea groups is 1. The molecule has 5 heteroatoms. The second-order valence-corrected chi connectivity index (χ2v) is 7.67. The molecule has 2 amide bonds. The molecule has 0 saturated carbocycles. The van der Waals surface area contributed by atoms with Crippen LogP contribution < -0.4 is 15.4 Å². The molecule has 3 aromatic carbocycles. The van der Waals surface area contributed by atoms with Gasteiger partial charge in [0.2, 0.25) is 0 Å². The summed E-state index contributed by atoms with van der Waals surface area (Å²) in [5, 5.41) is 14.9. The van der Waals surface area contributed by atoms with Crippen molar-refractivity contribution < 1.29 is 9.53 Å². The highest BCUT2D eigenvalue weighted by Crippen LogP contribution is 2.29. The van der Waals surface area contributed by atoms with Gasteiger partial charge in [-0.1, -0.05) is 54.6 Å². The average molecular weight is 412 g/mol. The average Bonchev–Trinajstić information content (AvgIpc) is 2.80. The normalized spacial score (nSPS) is 14.7. The number of carbonyl (C=O) groups is 1. The van der Waals surface area contributed by atoms with E-state index in [0.717, 1.165) is 41.8 Å². The molecule has 156 valence electrons. The third-order valence-electron chi connectivity index (χ3n) is 5.54. The number of amides is 2. The maximum absolute atomic E-state index is 12.7. The van der Waals surface area contributed by atoms with Crippen LogP contribution in [0, 0.1) is 11.3 Å².